The lowest BCUT2D eigenvalue weighted by molar-refractivity contribution is -0.141. The zero-order valence-electron chi connectivity index (χ0n) is 19.3. The highest BCUT2D eigenvalue weighted by atomic mass is 127. The van der Waals surface area contributed by atoms with E-state index in [-0.39, 0.29) is 41.7 Å². The number of ether oxygens (including phenoxy) is 1. The third kappa shape index (κ3) is 3.16. The van der Waals surface area contributed by atoms with Crippen LogP contribution in [0.5, 0.6) is 11.5 Å². The van der Waals surface area contributed by atoms with Gasteiger partial charge in [0.15, 0.2) is 21.2 Å². The molecule has 4 aliphatic rings. The van der Waals surface area contributed by atoms with Gasteiger partial charge in [-0.25, -0.2) is 0 Å². The standard InChI is InChI=1S/C24H22BrCl2IN2O6/c1-3-29-19(32)12-5-4-11-13(16(12)20(29)33)8-23(26)21(34)30(9-25)22(35)24(23,27)17(11)10-6-14(28)18(31)15(7-10)36-2/h4,6-7,12-13,16-17,31H,3,5,8-9H2,1-2H3/t12-,13+,16-,17-,23+,24-/m0/s1. The number of fused-ring (bicyclic) bond motifs is 4. The second-order valence-electron chi connectivity index (χ2n) is 9.46. The van der Waals surface area contributed by atoms with Crippen molar-refractivity contribution in [2.75, 3.05) is 19.1 Å². The molecule has 0 radical (unpaired) electrons. The molecule has 0 aromatic heterocycles. The molecule has 1 N–H and O–H groups in total. The molecule has 2 aliphatic carbocycles. The zero-order chi connectivity index (χ0) is 26.3. The third-order valence-corrected chi connectivity index (χ3v) is 10.8. The number of allylic oxidation sites excluding steroid dienone is 2. The van der Waals surface area contributed by atoms with Gasteiger partial charge in [-0.1, -0.05) is 27.6 Å². The number of phenols is 1. The molecule has 2 saturated heterocycles. The molecule has 1 saturated carbocycles. The van der Waals surface area contributed by atoms with Crippen LogP contribution in [0.1, 0.15) is 31.2 Å². The van der Waals surface area contributed by atoms with Gasteiger partial charge >= 0.3 is 0 Å². The van der Waals surface area contributed by atoms with E-state index in [0.29, 0.717) is 21.1 Å². The number of hydrogen-bond acceptors (Lipinski definition) is 6. The van der Waals surface area contributed by atoms with E-state index >= 15 is 0 Å². The predicted molar refractivity (Wildman–Crippen MR) is 143 cm³/mol. The van der Waals surface area contributed by atoms with Crippen molar-refractivity contribution in [1.82, 2.24) is 9.80 Å². The summed E-state index contributed by atoms with van der Waals surface area (Å²) in [5.41, 5.74) is 1.13. The van der Waals surface area contributed by atoms with Gasteiger partial charge < -0.3 is 9.84 Å². The molecule has 192 valence electrons. The molecule has 3 fully saturated rings. The number of rotatable bonds is 4. The monoisotopic (exact) mass is 710 g/mol. The molecule has 6 atom stereocenters. The molecule has 5 rings (SSSR count). The molecule has 1 aromatic carbocycles. The lowest BCUT2D eigenvalue weighted by Crippen LogP contribution is -2.60. The Hall–Kier alpha value is -1.37. The van der Waals surface area contributed by atoms with Crippen molar-refractivity contribution in [3.63, 3.8) is 0 Å². The Morgan fingerprint density at radius 3 is 2.44 bits per heavy atom. The highest BCUT2D eigenvalue weighted by Crippen LogP contribution is 2.65. The number of hydrogen-bond donors (Lipinski definition) is 1. The number of aromatic hydroxyl groups is 1. The fourth-order valence-corrected chi connectivity index (χ4v) is 8.47. The minimum absolute atomic E-state index is 0.0570. The van der Waals surface area contributed by atoms with Crippen molar-refractivity contribution in [3.8, 4) is 11.5 Å². The molecule has 8 nitrogen and oxygen atoms in total. The van der Waals surface area contributed by atoms with Crippen LogP contribution in [0.4, 0.5) is 0 Å². The highest BCUT2D eigenvalue weighted by molar-refractivity contribution is 14.1. The molecule has 36 heavy (non-hydrogen) atoms. The molecule has 2 heterocycles. The number of alkyl halides is 3. The number of imide groups is 2. The first-order chi connectivity index (χ1) is 17.0. The van der Waals surface area contributed by atoms with Crippen LogP contribution in [-0.2, 0) is 19.2 Å². The summed E-state index contributed by atoms with van der Waals surface area (Å²) in [7, 11) is 1.41. The van der Waals surface area contributed by atoms with Gasteiger partial charge in [-0.2, -0.15) is 0 Å². The summed E-state index contributed by atoms with van der Waals surface area (Å²) in [5, 5.41) is 10.4. The van der Waals surface area contributed by atoms with E-state index in [1.807, 2.05) is 28.7 Å². The first kappa shape index (κ1) is 26.2. The van der Waals surface area contributed by atoms with Gasteiger partial charge in [-0.15, -0.1) is 23.2 Å². The number of nitrogens with zero attached hydrogens (tertiary/aromatic N) is 2. The van der Waals surface area contributed by atoms with E-state index in [9.17, 15) is 24.3 Å². The Morgan fingerprint density at radius 2 is 1.83 bits per heavy atom. The van der Waals surface area contributed by atoms with E-state index in [1.54, 1.807) is 19.1 Å². The largest absolute Gasteiger partial charge is 0.504 e. The van der Waals surface area contributed by atoms with E-state index < -0.39 is 45.2 Å². The second kappa shape index (κ2) is 8.84. The number of methoxy groups -OCH3 is 1. The lowest BCUT2D eigenvalue weighted by atomic mass is 9.56. The number of halogens is 4. The van der Waals surface area contributed by atoms with Crippen LogP contribution >= 0.6 is 61.7 Å². The smallest absolute Gasteiger partial charge is 0.254 e. The maximum Gasteiger partial charge on any atom is 0.254 e. The van der Waals surface area contributed by atoms with Crippen molar-refractivity contribution in [2.24, 2.45) is 17.8 Å². The maximum absolute atomic E-state index is 13.7. The molecule has 2 aliphatic heterocycles. The molecule has 12 heteroatoms. The van der Waals surface area contributed by atoms with Crippen LogP contribution in [0.3, 0.4) is 0 Å². The minimum atomic E-state index is -1.89. The molecule has 0 bridgehead atoms. The van der Waals surface area contributed by atoms with Crippen molar-refractivity contribution in [3.05, 3.63) is 32.9 Å². The van der Waals surface area contributed by atoms with Crippen molar-refractivity contribution in [2.45, 2.75) is 35.4 Å². The number of benzene rings is 1. The normalized spacial score (nSPS) is 35.6. The zero-order valence-corrected chi connectivity index (χ0v) is 24.5. The number of carbonyl (C=O) groups excluding carboxylic acids is 4. The van der Waals surface area contributed by atoms with Crippen molar-refractivity contribution in [1.29, 1.82) is 0 Å². The van der Waals surface area contributed by atoms with Crippen LogP contribution < -0.4 is 4.74 Å². The van der Waals surface area contributed by atoms with E-state index in [1.165, 1.54) is 12.0 Å². The predicted octanol–water partition coefficient (Wildman–Crippen LogP) is 3.74. The van der Waals surface area contributed by atoms with Gasteiger partial charge in [0, 0.05) is 12.5 Å². The maximum atomic E-state index is 13.7. The molecule has 4 amide bonds. The topological polar surface area (TPSA) is 104 Å². The van der Waals surface area contributed by atoms with Crippen LogP contribution in [0.25, 0.3) is 0 Å². The fraction of sp³-hybridized carbons (Fsp3) is 0.500. The summed E-state index contributed by atoms with van der Waals surface area (Å²) in [6.45, 7) is 2.00. The van der Waals surface area contributed by atoms with Crippen LogP contribution in [0.2, 0.25) is 0 Å². The quantitative estimate of drug-likeness (QED) is 0.168. The SMILES string of the molecule is CCN1C(=O)[C@H]2[C@H](CC=C3[C@H]2C[C@@]2(Cl)C(=O)N(CBr)C(=O)[C@@]2(Cl)[C@H]3c2cc(I)c(O)c(OC)c2)C1=O. The number of likely N-dealkylation sites (tertiary alicyclic amines) is 2. The molecule has 0 unspecified atom stereocenters. The highest BCUT2D eigenvalue weighted by Gasteiger charge is 2.76. The third-order valence-electron chi connectivity index (χ3n) is 8.03. The Kier molecular flexibility index (Phi) is 6.45. The summed E-state index contributed by atoms with van der Waals surface area (Å²) >= 11 is 19.5. The van der Waals surface area contributed by atoms with Crippen molar-refractivity contribution < 1.29 is 29.0 Å². The van der Waals surface area contributed by atoms with Gasteiger partial charge in [0.05, 0.1) is 28.0 Å². The second-order valence-corrected chi connectivity index (χ2v) is 12.4. The van der Waals surface area contributed by atoms with Gasteiger partial charge in [-0.3, -0.25) is 29.0 Å². The summed E-state index contributed by atoms with van der Waals surface area (Å²) in [6.07, 6.45) is 2.13. The molecular weight excluding hydrogens is 690 g/mol. The Balaban J connectivity index is 1.77. The lowest BCUT2D eigenvalue weighted by Gasteiger charge is -2.50. The van der Waals surface area contributed by atoms with Gasteiger partial charge in [-0.05, 0) is 66.0 Å². The molecule has 1 aromatic rings. The van der Waals surface area contributed by atoms with Gasteiger partial charge in [0.1, 0.15) is 0 Å². The van der Waals surface area contributed by atoms with E-state index in [4.69, 9.17) is 27.9 Å². The van der Waals surface area contributed by atoms with Gasteiger partial charge in [0.2, 0.25) is 11.8 Å². The summed E-state index contributed by atoms with van der Waals surface area (Å²) < 4.78 is 5.81. The number of amides is 4. The number of phenolic OH excluding ortho intramolecular Hbond substituents is 1. The van der Waals surface area contributed by atoms with Crippen molar-refractivity contribution >= 4 is 85.4 Å². The van der Waals surface area contributed by atoms with E-state index in [0.717, 1.165) is 4.90 Å². The van der Waals surface area contributed by atoms with Gasteiger partial charge in [0.25, 0.3) is 11.8 Å². The minimum Gasteiger partial charge on any atom is -0.504 e. The average Bonchev–Trinajstić information content (AvgIpc) is 3.18. The molecule has 0 spiro atoms. The first-order valence-corrected chi connectivity index (χ1v) is 14.3. The summed E-state index contributed by atoms with van der Waals surface area (Å²) in [4.78, 5) is 52.2. The fourth-order valence-electron chi connectivity index (χ4n) is 6.42. The average molecular weight is 712 g/mol. The van der Waals surface area contributed by atoms with Crippen LogP contribution in [0.15, 0.2) is 23.8 Å². The summed E-state index contributed by atoms with van der Waals surface area (Å²) in [5.74, 6) is -4.44. The molecular formula is C24H22BrCl2IN2O6. The number of carbonyl (C=O) groups is 4. The van der Waals surface area contributed by atoms with Crippen LogP contribution in [0, 0.1) is 21.3 Å². The van der Waals surface area contributed by atoms with E-state index in [2.05, 4.69) is 15.9 Å². The van der Waals surface area contributed by atoms with Crippen LogP contribution in [-0.4, -0.2) is 67.4 Å². The first-order valence-electron chi connectivity index (χ1n) is 11.4. The Labute approximate surface area is 239 Å². The summed E-state index contributed by atoms with van der Waals surface area (Å²) in [6, 6.07) is 3.25. The Morgan fingerprint density at radius 1 is 1.14 bits per heavy atom. The Bertz CT molecular complexity index is 1260.